The predicted octanol–water partition coefficient (Wildman–Crippen LogP) is 4.15. The van der Waals surface area contributed by atoms with Crippen LogP contribution in [-0.2, 0) is 9.84 Å². The fraction of sp³-hybridized carbons (Fsp3) is 0.294. The summed E-state index contributed by atoms with van der Waals surface area (Å²) in [6, 6.07) is 13.4. The number of benzene rings is 2. The molecule has 106 valence electrons. The SMILES string of the molecule is Cc1ccc(-c2ccc(S(=O)(=O)C(C)C)cc2)cc1C. The van der Waals surface area contributed by atoms with Crippen LogP contribution in [0.15, 0.2) is 47.4 Å². The zero-order valence-electron chi connectivity index (χ0n) is 12.3. The molecule has 0 amide bonds. The molecule has 0 unspecified atom stereocenters. The first kappa shape index (κ1) is 14.8. The second-order valence-corrected chi connectivity index (χ2v) is 7.92. The molecule has 0 aliphatic heterocycles. The van der Waals surface area contributed by atoms with E-state index in [1.54, 1.807) is 26.0 Å². The van der Waals surface area contributed by atoms with Gasteiger partial charge in [0.1, 0.15) is 0 Å². The number of aryl methyl sites for hydroxylation is 2. The van der Waals surface area contributed by atoms with Crippen molar-refractivity contribution in [1.82, 2.24) is 0 Å². The molecule has 0 bridgehead atoms. The molecular formula is C17H20O2S. The van der Waals surface area contributed by atoms with E-state index >= 15 is 0 Å². The van der Waals surface area contributed by atoms with Crippen molar-refractivity contribution in [3.8, 4) is 11.1 Å². The molecule has 2 rings (SSSR count). The minimum Gasteiger partial charge on any atom is -0.223 e. The van der Waals surface area contributed by atoms with Crippen molar-refractivity contribution in [2.75, 3.05) is 0 Å². The van der Waals surface area contributed by atoms with E-state index in [0.717, 1.165) is 11.1 Å². The topological polar surface area (TPSA) is 34.1 Å². The van der Waals surface area contributed by atoms with Gasteiger partial charge in [0.05, 0.1) is 10.1 Å². The maximum Gasteiger partial charge on any atom is 0.180 e. The summed E-state index contributed by atoms with van der Waals surface area (Å²) in [5.74, 6) is 0. The van der Waals surface area contributed by atoms with E-state index < -0.39 is 15.1 Å². The predicted molar refractivity (Wildman–Crippen MR) is 83.7 cm³/mol. The molecule has 0 N–H and O–H groups in total. The Kier molecular flexibility index (Phi) is 4.00. The molecule has 0 fully saturated rings. The molecule has 0 saturated carbocycles. The maximum atomic E-state index is 12.1. The van der Waals surface area contributed by atoms with Gasteiger partial charge in [0.25, 0.3) is 0 Å². The average Bonchev–Trinajstić information content (AvgIpc) is 2.42. The second-order valence-electron chi connectivity index (χ2n) is 5.42. The third kappa shape index (κ3) is 2.78. The molecule has 0 aromatic heterocycles. The second kappa shape index (κ2) is 5.41. The molecule has 2 aromatic carbocycles. The molecule has 3 heteroatoms. The van der Waals surface area contributed by atoms with Crippen molar-refractivity contribution >= 4 is 9.84 Å². The summed E-state index contributed by atoms with van der Waals surface area (Å²) >= 11 is 0. The zero-order chi connectivity index (χ0) is 14.9. The van der Waals surface area contributed by atoms with Crippen molar-refractivity contribution in [3.63, 3.8) is 0 Å². The Morgan fingerprint density at radius 1 is 0.800 bits per heavy atom. The Balaban J connectivity index is 2.40. The van der Waals surface area contributed by atoms with E-state index in [0.29, 0.717) is 4.90 Å². The van der Waals surface area contributed by atoms with Crippen LogP contribution >= 0.6 is 0 Å². The Morgan fingerprint density at radius 3 is 1.85 bits per heavy atom. The van der Waals surface area contributed by atoms with Crippen molar-refractivity contribution < 1.29 is 8.42 Å². The quantitative estimate of drug-likeness (QED) is 0.850. The largest absolute Gasteiger partial charge is 0.223 e. The van der Waals surface area contributed by atoms with Gasteiger partial charge in [-0.3, -0.25) is 0 Å². The van der Waals surface area contributed by atoms with Crippen LogP contribution < -0.4 is 0 Å². The lowest BCUT2D eigenvalue weighted by Crippen LogP contribution is -2.13. The molecule has 0 aliphatic carbocycles. The van der Waals surface area contributed by atoms with E-state index in [4.69, 9.17) is 0 Å². The fourth-order valence-electron chi connectivity index (χ4n) is 2.03. The summed E-state index contributed by atoms with van der Waals surface area (Å²) in [6.07, 6.45) is 0. The summed E-state index contributed by atoms with van der Waals surface area (Å²) < 4.78 is 24.2. The minimum absolute atomic E-state index is 0.389. The summed E-state index contributed by atoms with van der Waals surface area (Å²) in [4.78, 5) is 0.389. The van der Waals surface area contributed by atoms with E-state index in [1.807, 2.05) is 12.1 Å². The molecule has 0 spiro atoms. The fourth-order valence-corrected chi connectivity index (χ4v) is 3.09. The van der Waals surface area contributed by atoms with Gasteiger partial charge in [-0.1, -0.05) is 30.3 Å². The van der Waals surface area contributed by atoms with Crippen molar-refractivity contribution in [1.29, 1.82) is 0 Å². The first-order valence-corrected chi connectivity index (χ1v) is 8.28. The van der Waals surface area contributed by atoms with Crippen LogP contribution in [0, 0.1) is 13.8 Å². The normalized spacial score (nSPS) is 11.8. The number of hydrogen-bond acceptors (Lipinski definition) is 2. The van der Waals surface area contributed by atoms with E-state index in [-0.39, 0.29) is 0 Å². The standard InChI is InChI=1S/C17H20O2S/c1-12(2)20(18,19)17-9-7-15(8-10-17)16-6-5-13(3)14(4)11-16/h5-12H,1-4H3. The Morgan fingerprint density at radius 2 is 1.35 bits per heavy atom. The number of hydrogen-bond donors (Lipinski definition) is 0. The van der Waals surface area contributed by atoms with Gasteiger partial charge in [-0.2, -0.15) is 0 Å². The molecular weight excluding hydrogens is 268 g/mol. The van der Waals surface area contributed by atoms with Gasteiger partial charge >= 0.3 is 0 Å². The highest BCUT2D eigenvalue weighted by molar-refractivity contribution is 7.92. The van der Waals surface area contributed by atoms with Crippen LogP contribution in [0.5, 0.6) is 0 Å². The smallest absolute Gasteiger partial charge is 0.180 e. The maximum absolute atomic E-state index is 12.1. The van der Waals surface area contributed by atoms with Crippen LogP contribution in [-0.4, -0.2) is 13.7 Å². The summed E-state index contributed by atoms with van der Waals surface area (Å²) in [5.41, 5.74) is 4.64. The Hall–Kier alpha value is -1.61. The molecule has 0 heterocycles. The molecule has 0 aliphatic rings. The third-order valence-electron chi connectivity index (χ3n) is 3.64. The van der Waals surface area contributed by atoms with Gasteiger partial charge in [-0.15, -0.1) is 0 Å². The first-order chi connectivity index (χ1) is 9.32. The zero-order valence-corrected chi connectivity index (χ0v) is 13.2. The van der Waals surface area contributed by atoms with Crippen molar-refractivity contribution in [3.05, 3.63) is 53.6 Å². The molecule has 0 atom stereocenters. The van der Waals surface area contributed by atoms with Crippen LogP contribution in [0.3, 0.4) is 0 Å². The molecule has 0 saturated heterocycles. The lowest BCUT2D eigenvalue weighted by molar-refractivity contribution is 0.587. The van der Waals surface area contributed by atoms with Crippen molar-refractivity contribution in [2.24, 2.45) is 0 Å². The highest BCUT2D eigenvalue weighted by atomic mass is 32.2. The molecule has 0 radical (unpaired) electrons. The minimum atomic E-state index is -3.19. The molecule has 2 aromatic rings. The lowest BCUT2D eigenvalue weighted by atomic mass is 10.0. The van der Waals surface area contributed by atoms with Crippen LogP contribution in [0.1, 0.15) is 25.0 Å². The Labute approximate surface area is 121 Å². The first-order valence-electron chi connectivity index (χ1n) is 6.74. The van der Waals surface area contributed by atoms with E-state index in [1.165, 1.54) is 11.1 Å². The summed E-state index contributed by atoms with van der Waals surface area (Å²) in [6.45, 7) is 7.56. The highest BCUT2D eigenvalue weighted by Crippen LogP contribution is 2.24. The van der Waals surface area contributed by atoms with Crippen LogP contribution in [0.4, 0.5) is 0 Å². The van der Waals surface area contributed by atoms with Gasteiger partial charge in [0.2, 0.25) is 0 Å². The molecule has 2 nitrogen and oxygen atoms in total. The van der Waals surface area contributed by atoms with Gasteiger partial charge in [0, 0.05) is 0 Å². The summed E-state index contributed by atoms with van der Waals surface area (Å²) in [7, 11) is -3.19. The summed E-state index contributed by atoms with van der Waals surface area (Å²) in [5, 5.41) is -0.394. The van der Waals surface area contributed by atoms with Crippen LogP contribution in [0.25, 0.3) is 11.1 Å². The average molecular weight is 288 g/mol. The Bertz CT molecular complexity index is 711. The van der Waals surface area contributed by atoms with Crippen molar-refractivity contribution in [2.45, 2.75) is 37.8 Å². The highest BCUT2D eigenvalue weighted by Gasteiger charge is 2.18. The van der Waals surface area contributed by atoms with Gasteiger partial charge in [-0.25, -0.2) is 8.42 Å². The monoisotopic (exact) mass is 288 g/mol. The van der Waals surface area contributed by atoms with Crippen LogP contribution in [0.2, 0.25) is 0 Å². The van der Waals surface area contributed by atoms with Gasteiger partial charge in [0.15, 0.2) is 9.84 Å². The number of sulfone groups is 1. The van der Waals surface area contributed by atoms with Gasteiger partial charge < -0.3 is 0 Å². The van der Waals surface area contributed by atoms with Gasteiger partial charge in [-0.05, 0) is 62.1 Å². The lowest BCUT2D eigenvalue weighted by Gasteiger charge is -2.09. The molecule has 20 heavy (non-hydrogen) atoms. The van der Waals surface area contributed by atoms with E-state index in [2.05, 4.69) is 32.0 Å². The number of rotatable bonds is 3. The third-order valence-corrected chi connectivity index (χ3v) is 5.81. The van der Waals surface area contributed by atoms with E-state index in [9.17, 15) is 8.42 Å².